The van der Waals surface area contributed by atoms with E-state index in [4.69, 9.17) is 41.9 Å². The van der Waals surface area contributed by atoms with Gasteiger partial charge in [-0.15, -0.1) is 0 Å². The highest BCUT2D eigenvalue weighted by atomic mass is 16.7. The van der Waals surface area contributed by atoms with Gasteiger partial charge in [-0.05, 0) is 0 Å². The number of carbonyl (C=O) groups is 6. The molecular weight excluding hydrogens is 572 g/mol. The lowest BCUT2D eigenvalue weighted by Gasteiger charge is -2.25. The number of hydrogen-bond acceptors (Lipinski definition) is 17. The topological polar surface area (TPSA) is 287 Å². The first kappa shape index (κ1) is 33.1. The maximum Gasteiger partial charge on any atom is 0.306 e. The summed E-state index contributed by atoms with van der Waals surface area (Å²) in [4.78, 5) is 85.0. The number of Topliss-reactive ketones (excluding diaryl/α,β-unsaturated/α-hetero) is 3. The molecule has 3 heterocycles. The minimum Gasteiger partial charge on any atom is -0.463 e. The van der Waals surface area contributed by atoms with E-state index in [1.54, 1.807) is 0 Å². The maximum atomic E-state index is 12.8. The molecule has 3 rings (SSSR count). The van der Waals surface area contributed by atoms with Crippen LogP contribution < -0.4 is 22.9 Å². The predicted octanol–water partition coefficient (Wildman–Crippen LogP) is -2.40. The van der Waals surface area contributed by atoms with Crippen LogP contribution in [0.2, 0.25) is 0 Å². The summed E-state index contributed by atoms with van der Waals surface area (Å²) in [5, 5.41) is 0. The van der Waals surface area contributed by atoms with Crippen LogP contribution >= 0.6 is 0 Å². The quantitative estimate of drug-likeness (QED) is 0.108. The van der Waals surface area contributed by atoms with E-state index in [1.807, 2.05) is 0 Å². The minimum absolute atomic E-state index is 0.0562. The summed E-state index contributed by atoms with van der Waals surface area (Å²) < 4.78 is 24.0. The number of fused-ring (bicyclic) bond motifs is 1. The normalized spacial score (nSPS) is 19.6. The van der Waals surface area contributed by atoms with Crippen molar-refractivity contribution < 1.29 is 47.7 Å². The average molecular weight is 607 g/mol. The van der Waals surface area contributed by atoms with Crippen molar-refractivity contribution in [2.75, 3.05) is 32.0 Å². The number of ether oxygens (including phenoxy) is 4. The van der Waals surface area contributed by atoms with Crippen LogP contribution in [0.4, 0.5) is 5.82 Å². The Hall–Kier alpha value is -4.39. The minimum atomic E-state index is -1.37. The molecule has 2 aromatic heterocycles. The van der Waals surface area contributed by atoms with Gasteiger partial charge in [-0.2, -0.15) is 0 Å². The average Bonchev–Trinajstić information content (AvgIpc) is 3.58. The zero-order chi connectivity index (χ0) is 31.5. The van der Waals surface area contributed by atoms with Gasteiger partial charge in [-0.25, -0.2) is 15.0 Å². The highest BCUT2D eigenvalue weighted by molar-refractivity contribution is 5.85. The first-order valence-electron chi connectivity index (χ1n) is 13.4. The van der Waals surface area contributed by atoms with Crippen molar-refractivity contribution in [1.29, 1.82) is 0 Å². The SMILES string of the molecule is NCC(=O)CCC(=O)OC[C@H]1O[C@@H](n2cnc3c(N)ncnc32)C(OC(=O)CCC(=O)CN)C1OC(=O)CCC(=O)CN. The van der Waals surface area contributed by atoms with E-state index in [-0.39, 0.29) is 92.5 Å². The third-order valence-electron chi connectivity index (χ3n) is 6.40. The molecule has 2 aromatic rings. The fourth-order valence-electron chi connectivity index (χ4n) is 4.09. The fraction of sp³-hybridized carbons (Fsp3) is 0.560. The van der Waals surface area contributed by atoms with Gasteiger partial charge >= 0.3 is 17.9 Å². The zero-order valence-electron chi connectivity index (χ0n) is 23.2. The van der Waals surface area contributed by atoms with Crippen LogP contribution in [0.1, 0.15) is 44.8 Å². The molecule has 1 aliphatic rings. The summed E-state index contributed by atoms with van der Waals surface area (Å²) in [5.74, 6) is -3.49. The molecule has 234 valence electrons. The lowest BCUT2D eigenvalue weighted by Crippen LogP contribution is -2.41. The zero-order valence-corrected chi connectivity index (χ0v) is 23.2. The second-order valence-electron chi connectivity index (χ2n) is 9.47. The molecule has 18 heteroatoms. The molecule has 0 bridgehead atoms. The van der Waals surface area contributed by atoms with Crippen molar-refractivity contribution in [3.8, 4) is 0 Å². The molecule has 0 spiro atoms. The number of esters is 3. The molecule has 2 unspecified atom stereocenters. The molecule has 0 radical (unpaired) electrons. The van der Waals surface area contributed by atoms with Crippen LogP contribution in [-0.2, 0) is 47.7 Å². The van der Waals surface area contributed by atoms with E-state index in [0.717, 1.165) is 0 Å². The Morgan fingerprint density at radius 3 is 1.84 bits per heavy atom. The number of hydrogen-bond donors (Lipinski definition) is 4. The number of nitrogens with zero attached hydrogens (tertiary/aromatic N) is 4. The van der Waals surface area contributed by atoms with Crippen LogP contribution in [0, 0.1) is 0 Å². The smallest absolute Gasteiger partial charge is 0.306 e. The maximum absolute atomic E-state index is 12.8. The summed E-state index contributed by atoms with van der Waals surface area (Å²) in [6.07, 6.45) is -4.16. The summed E-state index contributed by atoms with van der Waals surface area (Å²) in [6.45, 7) is -1.25. The van der Waals surface area contributed by atoms with Crippen molar-refractivity contribution in [1.82, 2.24) is 19.5 Å². The number of ketones is 3. The molecule has 0 aliphatic carbocycles. The molecule has 4 atom stereocenters. The Kier molecular flexibility index (Phi) is 12.1. The molecule has 43 heavy (non-hydrogen) atoms. The Labute approximate surface area is 244 Å². The van der Waals surface area contributed by atoms with Crippen molar-refractivity contribution >= 4 is 52.2 Å². The van der Waals surface area contributed by atoms with E-state index in [9.17, 15) is 28.8 Å². The van der Waals surface area contributed by atoms with E-state index in [1.165, 1.54) is 17.2 Å². The van der Waals surface area contributed by atoms with E-state index < -0.39 is 49.1 Å². The van der Waals surface area contributed by atoms with Crippen LogP contribution in [0.15, 0.2) is 12.7 Å². The van der Waals surface area contributed by atoms with Gasteiger partial charge in [-0.1, -0.05) is 0 Å². The van der Waals surface area contributed by atoms with Crippen molar-refractivity contribution in [2.45, 2.75) is 63.1 Å². The number of imidazole rings is 1. The van der Waals surface area contributed by atoms with Gasteiger partial charge < -0.3 is 41.9 Å². The lowest BCUT2D eigenvalue weighted by molar-refractivity contribution is -0.169. The number of anilines is 1. The van der Waals surface area contributed by atoms with Gasteiger partial charge in [0.05, 0.1) is 45.2 Å². The largest absolute Gasteiger partial charge is 0.463 e. The van der Waals surface area contributed by atoms with Crippen LogP contribution in [-0.4, -0.2) is 99.3 Å². The lowest BCUT2D eigenvalue weighted by atomic mass is 10.1. The van der Waals surface area contributed by atoms with Gasteiger partial charge in [0.15, 0.2) is 29.9 Å². The summed E-state index contributed by atoms with van der Waals surface area (Å²) in [7, 11) is 0. The van der Waals surface area contributed by atoms with Gasteiger partial charge in [0.25, 0.3) is 0 Å². The Morgan fingerprint density at radius 1 is 0.744 bits per heavy atom. The number of nitrogens with two attached hydrogens (primary N) is 4. The standard InChI is InChI=1S/C25H34N8O10/c26-7-13(34)1-4-17(37)40-10-16-21(42-18(38)5-2-14(35)8-27)22(43-19(39)6-3-15(36)9-28)25(41-16)33-12-32-20-23(29)30-11-31-24(20)33/h11-12,16,21-22,25H,1-10,26-28H2,(H2,29,30,31)/t16-,21?,22?,25-/m1/s1. The van der Waals surface area contributed by atoms with Crippen LogP contribution in [0.3, 0.4) is 0 Å². The number of rotatable bonds is 17. The second kappa shape index (κ2) is 15.7. The molecule has 1 aliphatic heterocycles. The van der Waals surface area contributed by atoms with Gasteiger partial charge in [0.1, 0.15) is 41.9 Å². The molecule has 0 amide bonds. The summed E-state index contributed by atoms with van der Waals surface area (Å²) >= 11 is 0. The Morgan fingerprint density at radius 2 is 1.28 bits per heavy atom. The molecule has 0 aromatic carbocycles. The highest BCUT2D eigenvalue weighted by Crippen LogP contribution is 2.36. The van der Waals surface area contributed by atoms with Crippen LogP contribution in [0.25, 0.3) is 11.2 Å². The molecule has 0 saturated carbocycles. The molecular formula is C25H34N8O10. The summed E-state index contributed by atoms with van der Waals surface area (Å²) in [5.41, 5.74) is 22.2. The fourth-order valence-corrected chi connectivity index (χ4v) is 4.09. The number of carbonyl (C=O) groups excluding carboxylic acids is 6. The Balaban J connectivity index is 1.92. The number of nitrogen functional groups attached to an aromatic ring is 1. The van der Waals surface area contributed by atoms with Crippen molar-refractivity contribution in [3.63, 3.8) is 0 Å². The third-order valence-corrected chi connectivity index (χ3v) is 6.40. The molecule has 1 saturated heterocycles. The first-order valence-corrected chi connectivity index (χ1v) is 13.4. The third kappa shape index (κ3) is 9.05. The second-order valence-corrected chi connectivity index (χ2v) is 9.47. The van der Waals surface area contributed by atoms with Gasteiger partial charge in [-0.3, -0.25) is 33.3 Å². The van der Waals surface area contributed by atoms with Gasteiger partial charge in [0, 0.05) is 19.3 Å². The monoisotopic (exact) mass is 606 g/mol. The first-order chi connectivity index (χ1) is 20.6. The number of aromatic nitrogens is 4. The van der Waals surface area contributed by atoms with E-state index in [0.29, 0.717) is 0 Å². The van der Waals surface area contributed by atoms with Crippen molar-refractivity contribution in [3.05, 3.63) is 12.7 Å². The van der Waals surface area contributed by atoms with Crippen molar-refractivity contribution in [2.24, 2.45) is 17.2 Å². The van der Waals surface area contributed by atoms with E-state index in [2.05, 4.69) is 15.0 Å². The summed E-state index contributed by atoms with van der Waals surface area (Å²) in [6, 6.07) is 0. The molecule has 8 N–H and O–H groups in total. The van der Waals surface area contributed by atoms with Gasteiger partial charge in [0.2, 0.25) is 0 Å². The molecule has 18 nitrogen and oxygen atoms in total. The molecule has 1 fully saturated rings. The van der Waals surface area contributed by atoms with Crippen LogP contribution in [0.5, 0.6) is 0 Å². The Bertz CT molecular complexity index is 1350. The highest BCUT2D eigenvalue weighted by Gasteiger charge is 2.51. The predicted molar refractivity (Wildman–Crippen MR) is 144 cm³/mol. The van der Waals surface area contributed by atoms with E-state index >= 15 is 0 Å².